The molecule has 0 radical (unpaired) electrons. The number of nitrogens with zero attached hydrogens (tertiary/aromatic N) is 3. The Kier molecular flexibility index (Phi) is 9.95. The Morgan fingerprint density at radius 1 is 1.10 bits per heavy atom. The van der Waals surface area contributed by atoms with E-state index >= 15 is 0 Å². The molecule has 0 unspecified atom stereocenters. The number of ether oxygens (including phenoxy) is 1. The number of sulfonamides is 1. The standard InChI is InChI=1S/C28H31ClN4O7S/c1-18-7-6-8-21(13-18)16-31(20(3)28(35)30-4)27(34)17-32(25-14-22(29)10-12-26(25)40-5)41(38,39)23-11-9-19(2)24(15-23)33(36)37/h6-15,20H,16-17H2,1-5H3,(H,30,35)/t20-/m1/s1. The first-order chi connectivity index (χ1) is 19.3. The highest BCUT2D eigenvalue weighted by Gasteiger charge is 2.34. The van der Waals surface area contributed by atoms with E-state index in [4.69, 9.17) is 16.3 Å². The van der Waals surface area contributed by atoms with E-state index in [1.807, 2.05) is 25.1 Å². The Morgan fingerprint density at radius 3 is 2.41 bits per heavy atom. The number of nitro benzene ring substituents is 1. The highest BCUT2D eigenvalue weighted by atomic mass is 35.5. The maximum Gasteiger partial charge on any atom is 0.273 e. The first-order valence-electron chi connectivity index (χ1n) is 12.5. The van der Waals surface area contributed by atoms with Crippen molar-refractivity contribution in [3.05, 3.63) is 92.5 Å². The van der Waals surface area contributed by atoms with Crippen LogP contribution in [0.2, 0.25) is 5.02 Å². The maximum absolute atomic E-state index is 14.1. The van der Waals surface area contributed by atoms with Crippen molar-refractivity contribution in [3.63, 3.8) is 0 Å². The van der Waals surface area contributed by atoms with Gasteiger partial charge in [-0.15, -0.1) is 0 Å². The van der Waals surface area contributed by atoms with Gasteiger partial charge in [0.05, 0.1) is 22.6 Å². The summed E-state index contributed by atoms with van der Waals surface area (Å²) in [6, 6.07) is 14.1. The number of amides is 2. The lowest BCUT2D eigenvalue weighted by Crippen LogP contribution is -2.50. The van der Waals surface area contributed by atoms with Crippen LogP contribution in [0.1, 0.15) is 23.6 Å². The highest BCUT2D eigenvalue weighted by Crippen LogP contribution is 2.36. The number of rotatable bonds is 11. The second-order valence-corrected chi connectivity index (χ2v) is 11.6. The van der Waals surface area contributed by atoms with Gasteiger partial charge in [0, 0.05) is 30.2 Å². The number of halogens is 1. The fourth-order valence-corrected chi connectivity index (χ4v) is 5.85. The lowest BCUT2D eigenvalue weighted by Gasteiger charge is -2.32. The van der Waals surface area contributed by atoms with Crippen LogP contribution in [0.25, 0.3) is 0 Å². The molecule has 0 aliphatic rings. The zero-order chi connectivity index (χ0) is 30.5. The topological polar surface area (TPSA) is 139 Å². The zero-order valence-corrected chi connectivity index (χ0v) is 24.8. The van der Waals surface area contributed by atoms with Gasteiger partial charge in [-0.3, -0.25) is 24.0 Å². The molecule has 0 saturated heterocycles. The van der Waals surface area contributed by atoms with Crippen LogP contribution in [0.5, 0.6) is 5.75 Å². The lowest BCUT2D eigenvalue weighted by atomic mass is 10.1. The molecule has 0 aromatic heterocycles. The summed E-state index contributed by atoms with van der Waals surface area (Å²) in [5, 5.41) is 14.3. The largest absolute Gasteiger partial charge is 0.495 e. The third-order valence-electron chi connectivity index (χ3n) is 6.50. The van der Waals surface area contributed by atoms with Crippen molar-refractivity contribution >= 4 is 44.8 Å². The summed E-state index contributed by atoms with van der Waals surface area (Å²) in [4.78, 5) is 38.3. The van der Waals surface area contributed by atoms with Crippen molar-refractivity contribution in [2.24, 2.45) is 0 Å². The van der Waals surface area contributed by atoms with Gasteiger partial charge < -0.3 is 15.0 Å². The molecule has 1 atom stereocenters. The number of nitro groups is 1. The number of benzene rings is 3. The van der Waals surface area contributed by atoms with Gasteiger partial charge in [-0.25, -0.2) is 8.42 Å². The second-order valence-electron chi connectivity index (χ2n) is 9.33. The fourth-order valence-electron chi connectivity index (χ4n) is 4.24. The summed E-state index contributed by atoms with van der Waals surface area (Å²) in [5.41, 5.74) is 1.49. The molecule has 218 valence electrons. The van der Waals surface area contributed by atoms with Crippen LogP contribution >= 0.6 is 11.6 Å². The van der Waals surface area contributed by atoms with Crippen LogP contribution in [0.15, 0.2) is 65.6 Å². The number of hydrogen-bond acceptors (Lipinski definition) is 7. The molecule has 3 rings (SSSR count). The molecule has 11 nitrogen and oxygen atoms in total. The quantitative estimate of drug-likeness (QED) is 0.256. The number of aryl methyl sites for hydroxylation is 2. The van der Waals surface area contributed by atoms with Crippen molar-refractivity contribution in [1.82, 2.24) is 10.2 Å². The summed E-state index contributed by atoms with van der Waals surface area (Å²) in [7, 11) is -1.83. The number of methoxy groups -OCH3 is 1. The van der Waals surface area contributed by atoms with Crippen LogP contribution in [-0.2, 0) is 26.2 Å². The monoisotopic (exact) mass is 602 g/mol. The van der Waals surface area contributed by atoms with Gasteiger partial charge >= 0.3 is 0 Å². The Labute approximate surface area is 243 Å². The fraction of sp³-hybridized carbons (Fsp3) is 0.286. The molecule has 0 saturated carbocycles. The number of hydrogen-bond donors (Lipinski definition) is 1. The molecule has 13 heteroatoms. The van der Waals surface area contributed by atoms with Gasteiger partial charge in [-0.05, 0) is 50.6 Å². The van der Waals surface area contributed by atoms with Crippen LogP contribution in [0, 0.1) is 24.0 Å². The molecule has 0 aliphatic carbocycles. The number of carbonyl (C=O) groups is 2. The number of carbonyl (C=O) groups excluding carboxylic acids is 2. The lowest BCUT2D eigenvalue weighted by molar-refractivity contribution is -0.385. The van der Waals surface area contributed by atoms with E-state index in [0.717, 1.165) is 21.5 Å². The number of likely N-dealkylation sites (N-methyl/N-ethyl adjacent to an activating group) is 1. The minimum atomic E-state index is -4.59. The summed E-state index contributed by atoms with van der Waals surface area (Å²) >= 11 is 6.22. The first-order valence-corrected chi connectivity index (χ1v) is 14.3. The van der Waals surface area contributed by atoms with Gasteiger partial charge in [0.15, 0.2) is 0 Å². The van der Waals surface area contributed by atoms with Gasteiger partial charge in [0.25, 0.3) is 15.7 Å². The van der Waals surface area contributed by atoms with E-state index in [-0.39, 0.29) is 28.6 Å². The van der Waals surface area contributed by atoms with Crippen molar-refractivity contribution in [3.8, 4) is 5.75 Å². The zero-order valence-electron chi connectivity index (χ0n) is 23.3. The molecule has 41 heavy (non-hydrogen) atoms. The molecule has 0 bridgehead atoms. The van der Waals surface area contributed by atoms with Crippen LogP contribution in [-0.4, -0.2) is 56.8 Å². The smallest absolute Gasteiger partial charge is 0.273 e. The summed E-state index contributed by atoms with van der Waals surface area (Å²) in [6.07, 6.45) is 0. The average molecular weight is 603 g/mol. The minimum absolute atomic E-state index is 0.0195. The Morgan fingerprint density at radius 2 is 1.80 bits per heavy atom. The SMILES string of the molecule is CNC(=O)[C@@H](C)N(Cc1cccc(C)c1)C(=O)CN(c1cc(Cl)ccc1OC)S(=O)(=O)c1ccc(C)c([N+](=O)[O-])c1. The molecule has 2 amide bonds. The summed E-state index contributed by atoms with van der Waals surface area (Å²) in [5.74, 6) is -1.05. The predicted molar refractivity (Wildman–Crippen MR) is 156 cm³/mol. The molecular formula is C28H31ClN4O7S. The van der Waals surface area contributed by atoms with E-state index in [9.17, 15) is 28.1 Å². The Hall–Kier alpha value is -4.16. The van der Waals surface area contributed by atoms with Crippen molar-refractivity contribution in [1.29, 1.82) is 0 Å². The maximum atomic E-state index is 14.1. The van der Waals surface area contributed by atoms with Gasteiger partial charge in [0.1, 0.15) is 18.3 Å². The summed E-state index contributed by atoms with van der Waals surface area (Å²) < 4.78 is 34.3. The van der Waals surface area contributed by atoms with Crippen molar-refractivity contribution < 1.29 is 27.7 Å². The normalized spacial score (nSPS) is 11.9. The average Bonchev–Trinajstić information content (AvgIpc) is 2.93. The van der Waals surface area contributed by atoms with Crippen LogP contribution in [0.4, 0.5) is 11.4 Å². The van der Waals surface area contributed by atoms with E-state index in [2.05, 4.69) is 5.32 Å². The van der Waals surface area contributed by atoms with Gasteiger partial charge in [-0.1, -0.05) is 47.5 Å². The molecule has 0 aliphatic heterocycles. The number of anilines is 1. The van der Waals surface area contributed by atoms with Crippen molar-refractivity contribution in [2.45, 2.75) is 38.3 Å². The molecule has 0 heterocycles. The third-order valence-corrected chi connectivity index (χ3v) is 8.49. The van der Waals surface area contributed by atoms with E-state index in [1.54, 1.807) is 6.07 Å². The molecule has 3 aromatic carbocycles. The Bertz CT molecular complexity index is 1580. The van der Waals surface area contributed by atoms with Crippen molar-refractivity contribution in [2.75, 3.05) is 25.0 Å². The first kappa shape index (κ1) is 31.4. The van der Waals surface area contributed by atoms with E-state index in [0.29, 0.717) is 0 Å². The molecule has 0 spiro atoms. The molecule has 1 N–H and O–H groups in total. The summed E-state index contributed by atoms with van der Waals surface area (Å²) in [6.45, 7) is 4.17. The minimum Gasteiger partial charge on any atom is -0.495 e. The molecule has 3 aromatic rings. The third kappa shape index (κ3) is 7.14. The van der Waals surface area contributed by atoms with E-state index in [1.165, 1.54) is 63.2 Å². The Balaban J connectivity index is 2.17. The predicted octanol–water partition coefficient (Wildman–Crippen LogP) is 4.23. The highest BCUT2D eigenvalue weighted by molar-refractivity contribution is 7.92. The van der Waals surface area contributed by atoms with Crippen LogP contribution < -0.4 is 14.4 Å². The molecule has 0 fully saturated rings. The van der Waals surface area contributed by atoms with Gasteiger partial charge in [0.2, 0.25) is 11.8 Å². The second kappa shape index (κ2) is 13.0. The number of nitrogens with one attached hydrogen (secondary N) is 1. The van der Waals surface area contributed by atoms with E-state index < -0.39 is 49.9 Å². The van der Waals surface area contributed by atoms with Crippen LogP contribution in [0.3, 0.4) is 0 Å². The molecular weight excluding hydrogens is 572 g/mol. The van der Waals surface area contributed by atoms with Gasteiger partial charge in [-0.2, -0.15) is 0 Å².